The van der Waals surface area contributed by atoms with Crippen LogP contribution in [0.2, 0.25) is 0 Å². The van der Waals surface area contributed by atoms with Crippen LogP contribution >= 0.6 is 11.8 Å². The van der Waals surface area contributed by atoms with Crippen molar-refractivity contribution >= 4 is 23.6 Å². The van der Waals surface area contributed by atoms with Gasteiger partial charge in [-0.2, -0.15) is 0 Å². The van der Waals surface area contributed by atoms with E-state index in [-0.39, 0.29) is 12.5 Å². The quantitative estimate of drug-likeness (QED) is 0.684. The molecule has 1 N–H and O–H groups in total. The van der Waals surface area contributed by atoms with Crippen molar-refractivity contribution in [3.05, 3.63) is 11.1 Å². The molecule has 0 bridgehead atoms. The monoisotopic (exact) mass is 187 g/mol. The van der Waals surface area contributed by atoms with E-state index in [1.54, 1.807) is 12.3 Å². The smallest absolute Gasteiger partial charge is 0.323 e. The van der Waals surface area contributed by atoms with Crippen molar-refractivity contribution in [3.63, 3.8) is 0 Å². The van der Waals surface area contributed by atoms with Crippen LogP contribution in [0.3, 0.4) is 0 Å². The summed E-state index contributed by atoms with van der Waals surface area (Å²) >= 11 is 1.40. The zero-order chi connectivity index (χ0) is 9.14. The average molecular weight is 187 g/mol. The molecular formula is C7H9NO3S. The van der Waals surface area contributed by atoms with Gasteiger partial charge < -0.3 is 10.0 Å². The van der Waals surface area contributed by atoms with Crippen molar-refractivity contribution in [2.45, 2.75) is 6.92 Å². The molecule has 5 heteroatoms. The van der Waals surface area contributed by atoms with Gasteiger partial charge in [-0.05, 0) is 12.3 Å². The topological polar surface area (TPSA) is 57.6 Å². The molecule has 4 nitrogen and oxygen atoms in total. The van der Waals surface area contributed by atoms with Crippen molar-refractivity contribution < 1.29 is 14.7 Å². The summed E-state index contributed by atoms with van der Waals surface area (Å²) < 4.78 is 0. The van der Waals surface area contributed by atoms with Crippen molar-refractivity contribution in [1.82, 2.24) is 4.90 Å². The van der Waals surface area contributed by atoms with Crippen LogP contribution in [0.25, 0.3) is 0 Å². The molecule has 0 aromatic carbocycles. The molecular weight excluding hydrogens is 178 g/mol. The summed E-state index contributed by atoms with van der Waals surface area (Å²) in [5.74, 6) is -0.782. The minimum Gasteiger partial charge on any atom is -0.480 e. The van der Waals surface area contributed by atoms with Crippen LogP contribution in [0, 0.1) is 0 Å². The third kappa shape index (κ3) is 2.01. The third-order valence-electron chi connectivity index (χ3n) is 1.48. The van der Waals surface area contributed by atoms with Gasteiger partial charge in [-0.25, -0.2) is 0 Å². The average Bonchev–Trinajstić information content (AvgIpc) is 1.97. The number of nitrogens with zero attached hydrogens (tertiary/aromatic N) is 1. The van der Waals surface area contributed by atoms with Crippen LogP contribution < -0.4 is 0 Å². The second-order valence-corrected chi connectivity index (χ2v) is 3.30. The number of carboxylic acid groups (broad SMARTS) is 1. The van der Waals surface area contributed by atoms with Crippen LogP contribution in [-0.2, 0) is 9.59 Å². The van der Waals surface area contributed by atoms with E-state index in [0.717, 1.165) is 0 Å². The van der Waals surface area contributed by atoms with E-state index in [2.05, 4.69) is 0 Å². The Morgan fingerprint density at radius 2 is 2.50 bits per heavy atom. The molecule has 0 aliphatic carbocycles. The Morgan fingerprint density at radius 3 is 3.00 bits per heavy atom. The van der Waals surface area contributed by atoms with E-state index in [4.69, 9.17) is 5.11 Å². The van der Waals surface area contributed by atoms with Crippen LogP contribution in [0.1, 0.15) is 6.92 Å². The first-order chi connectivity index (χ1) is 5.61. The normalized spacial score (nSPS) is 17.6. The molecule has 0 spiro atoms. The zero-order valence-corrected chi connectivity index (χ0v) is 7.43. The Kier molecular flexibility index (Phi) is 2.75. The highest BCUT2D eigenvalue weighted by molar-refractivity contribution is 8.02. The number of rotatable bonds is 2. The number of carbonyl (C=O) groups is 2. The summed E-state index contributed by atoms with van der Waals surface area (Å²) in [5, 5.41) is 10.3. The number of hydrogen-bond donors (Lipinski definition) is 1. The minimum atomic E-state index is -0.983. The molecule has 12 heavy (non-hydrogen) atoms. The summed E-state index contributed by atoms with van der Waals surface area (Å²) in [5.41, 5.74) is 0.707. The van der Waals surface area contributed by atoms with Crippen LogP contribution in [0.15, 0.2) is 11.1 Å². The van der Waals surface area contributed by atoms with E-state index >= 15 is 0 Å². The first-order valence-electron chi connectivity index (χ1n) is 3.42. The van der Waals surface area contributed by atoms with Crippen molar-refractivity contribution in [1.29, 1.82) is 0 Å². The number of hydrogen-bond acceptors (Lipinski definition) is 3. The van der Waals surface area contributed by atoms with Crippen LogP contribution in [-0.4, -0.2) is 34.2 Å². The molecule has 0 fully saturated rings. The molecule has 0 saturated carbocycles. The van der Waals surface area contributed by atoms with E-state index in [1.165, 1.54) is 16.7 Å². The first-order valence-corrected chi connectivity index (χ1v) is 4.46. The van der Waals surface area contributed by atoms with Gasteiger partial charge in [0, 0.05) is 5.70 Å². The number of aliphatic carboxylic acids is 1. The Hall–Kier alpha value is -0.970. The Balaban J connectivity index is 2.71. The molecule has 0 radical (unpaired) electrons. The fourth-order valence-corrected chi connectivity index (χ4v) is 1.67. The molecule has 1 amide bonds. The molecule has 0 aromatic heterocycles. The summed E-state index contributed by atoms with van der Waals surface area (Å²) in [7, 11) is 0. The molecule has 1 aliphatic rings. The maximum atomic E-state index is 11.1. The number of amides is 1. The summed E-state index contributed by atoms with van der Waals surface area (Å²) in [4.78, 5) is 22.7. The molecule has 0 aromatic rings. The lowest BCUT2D eigenvalue weighted by atomic mass is 10.4. The fourth-order valence-electron chi connectivity index (χ4n) is 0.920. The molecule has 1 rings (SSSR count). The highest BCUT2D eigenvalue weighted by Crippen LogP contribution is 2.18. The molecule has 1 aliphatic heterocycles. The highest BCUT2D eigenvalue weighted by atomic mass is 32.2. The highest BCUT2D eigenvalue weighted by Gasteiger charge is 2.20. The Labute approximate surface area is 74.2 Å². The molecule has 0 saturated heterocycles. The summed E-state index contributed by atoms with van der Waals surface area (Å²) in [6.45, 7) is 1.49. The molecule has 1 heterocycles. The molecule has 0 unspecified atom stereocenters. The van der Waals surface area contributed by atoms with Gasteiger partial charge in [-0.15, -0.1) is 11.8 Å². The van der Waals surface area contributed by atoms with Gasteiger partial charge >= 0.3 is 5.97 Å². The predicted molar refractivity (Wildman–Crippen MR) is 45.6 cm³/mol. The summed E-state index contributed by atoms with van der Waals surface area (Å²) in [6.07, 6.45) is 0. The predicted octanol–water partition coefficient (Wildman–Crippen LogP) is 0.508. The van der Waals surface area contributed by atoms with E-state index < -0.39 is 5.97 Å². The second kappa shape index (κ2) is 3.62. The van der Waals surface area contributed by atoms with Gasteiger partial charge in [0.15, 0.2) is 0 Å². The van der Waals surface area contributed by atoms with Gasteiger partial charge in [0.2, 0.25) is 5.91 Å². The third-order valence-corrected chi connectivity index (χ3v) is 2.40. The van der Waals surface area contributed by atoms with Crippen molar-refractivity contribution in [3.8, 4) is 0 Å². The van der Waals surface area contributed by atoms with Gasteiger partial charge in [0.25, 0.3) is 0 Å². The SMILES string of the molecule is CC1=CSCC(=O)N1CC(=O)O. The number of allylic oxidation sites excluding steroid dienone is 1. The largest absolute Gasteiger partial charge is 0.480 e. The number of thioether (sulfide) groups is 1. The standard InChI is InChI=1S/C7H9NO3S/c1-5-3-12-4-6(9)8(5)2-7(10)11/h3H,2,4H2,1H3,(H,10,11). The van der Waals surface area contributed by atoms with E-state index in [1.807, 2.05) is 0 Å². The first kappa shape index (κ1) is 9.12. The van der Waals surface area contributed by atoms with Crippen molar-refractivity contribution in [2.75, 3.05) is 12.3 Å². The van der Waals surface area contributed by atoms with Gasteiger partial charge in [0.05, 0.1) is 5.75 Å². The lowest BCUT2D eigenvalue weighted by molar-refractivity contribution is -0.142. The number of carboxylic acids is 1. The lowest BCUT2D eigenvalue weighted by Crippen LogP contribution is -2.36. The zero-order valence-electron chi connectivity index (χ0n) is 6.61. The molecule has 0 atom stereocenters. The van der Waals surface area contributed by atoms with Gasteiger partial charge in [0.1, 0.15) is 6.54 Å². The lowest BCUT2D eigenvalue weighted by Gasteiger charge is -2.24. The van der Waals surface area contributed by atoms with Crippen LogP contribution in [0.5, 0.6) is 0 Å². The number of carbonyl (C=O) groups excluding carboxylic acids is 1. The Bertz CT molecular complexity index is 249. The van der Waals surface area contributed by atoms with Gasteiger partial charge in [-0.3, -0.25) is 9.59 Å². The van der Waals surface area contributed by atoms with Gasteiger partial charge in [-0.1, -0.05) is 0 Å². The van der Waals surface area contributed by atoms with E-state index in [0.29, 0.717) is 11.4 Å². The van der Waals surface area contributed by atoms with E-state index in [9.17, 15) is 9.59 Å². The minimum absolute atomic E-state index is 0.137. The second-order valence-electron chi connectivity index (χ2n) is 2.44. The fraction of sp³-hybridized carbons (Fsp3) is 0.429. The Morgan fingerprint density at radius 1 is 1.83 bits per heavy atom. The summed E-state index contributed by atoms with van der Waals surface area (Å²) in [6, 6.07) is 0. The molecule has 66 valence electrons. The van der Waals surface area contributed by atoms with Crippen LogP contribution in [0.4, 0.5) is 0 Å². The maximum absolute atomic E-state index is 11.1. The maximum Gasteiger partial charge on any atom is 0.323 e. The van der Waals surface area contributed by atoms with Crippen molar-refractivity contribution in [2.24, 2.45) is 0 Å².